The minimum absolute atomic E-state index is 0.884. The Morgan fingerprint density at radius 1 is 0.765 bits per heavy atom. The van der Waals surface area contributed by atoms with Gasteiger partial charge in [0.2, 0.25) is 0 Å². The molecule has 0 aliphatic carbocycles. The standard InChI is InChI=1S/C31H37N3/c1-4-6-21-34-29(24-33(20-5-2)23-26-15-13-14-25(3)22-26)30(27-16-9-7-10-17-27)32-31(34)28-18-11-8-12-19-28/h7-19,22H,4-6,20-21,23-24H2,1-3H3. The summed E-state index contributed by atoms with van der Waals surface area (Å²) in [5.41, 5.74) is 7.50. The Morgan fingerprint density at radius 2 is 1.47 bits per heavy atom. The van der Waals surface area contributed by atoms with Crippen LogP contribution in [-0.4, -0.2) is 21.0 Å². The Hall–Kier alpha value is -3.17. The van der Waals surface area contributed by atoms with Crippen molar-refractivity contribution in [2.75, 3.05) is 6.54 Å². The first-order valence-corrected chi connectivity index (χ1v) is 12.7. The number of hydrogen-bond donors (Lipinski definition) is 0. The first kappa shape index (κ1) is 24.0. The summed E-state index contributed by atoms with van der Waals surface area (Å²) in [6.45, 7) is 10.6. The van der Waals surface area contributed by atoms with Gasteiger partial charge in [0.15, 0.2) is 0 Å². The zero-order valence-corrected chi connectivity index (χ0v) is 20.9. The van der Waals surface area contributed by atoms with Crippen molar-refractivity contribution in [1.29, 1.82) is 0 Å². The Bertz CT molecular complexity index is 1160. The molecule has 3 aromatic carbocycles. The van der Waals surface area contributed by atoms with Gasteiger partial charge < -0.3 is 4.57 Å². The van der Waals surface area contributed by atoms with Gasteiger partial charge in [0, 0.05) is 30.8 Å². The minimum atomic E-state index is 0.884. The molecular formula is C31H37N3. The molecule has 4 rings (SSSR count). The molecule has 0 aliphatic heterocycles. The highest BCUT2D eigenvalue weighted by Crippen LogP contribution is 2.31. The lowest BCUT2D eigenvalue weighted by Crippen LogP contribution is -2.25. The van der Waals surface area contributed by atoms with Gasteiger partial charge in [-0.15, -0.1) is 0 Å². The van der Waals surface area contributed by atoms with Gasteiger partial charge in [-0.2, -0.15) is 0 Å². The number of hydrogen-bond acceptors (Lipinski definition) is 2. The Labute approximate surface area is 205 Å². The van der Waals surface area contributed by atoms with Crippen molar-refractivity contribution >= 4 is 0 Å². The summed E-state index contributed by atoms with van der Waals surface area (Å²) in [5.74, 6) is 1.08. The molecule has 176 valence electrons. The summed E-state index contributed by atoms with van der Waals surface area (Å²) in [4.78, 5) is 7.85. The van der Waals surface area contributed by atoms with E-state index in [1.54, 1.807) is 0 Å². The first-order valence-electron chi connectivity index (χ1n) is 12.7. The fraction of sp³-hybridized carbons (Fsp3) is 0.323. The highest BCUT2D eigenvalue weighted by atomic mass is 15.2. The molecule has 0 N–H and O–H groups in total. The highest BCUT2D eigenvalue weighted by Gasteiger charge is 2.21. The summed E-state index contributed by atoms with van der Waals surface area (Å²) < 4.78 is 2.49. The molecule has 0 unspecified atom stereocenters. The molecule has 0 radical (unpaired) electrons. The molecular weight excluding hydrogens is 414 g/mol. The number of benzene rings is 3. The van der Waals surface area contributed by atoms with Crippen LogP contribution >= 0.6 is 0 Å². The van der Waals surface area contributed by atoms with Gasteiger partial charge >= 0.3 is 0 Å². The number of aromatic nitrogens is 2. The second-order valence-electron chi connectivity index (χ2n) is 9.17. The van der Waals surface area contributed by atoms with Crippen LogP contribution in [0.1, 0.15) is 49.9 Å². The lowest BCUT2D eigenvalue weighted by molar-refractivity contribution is 0.251. The zero-order valence-electron chi connectivity index (χ0n) is 20.9. The van der Waals surface area contributed by atoms with Crippen LogP contribution in [0.15, 0.2) is 84.9 Å². The summed E-state index contributed by atoms with van der Waals surface area (Å²) in [6.07, 6.45) is 3.43. The second-order valence-corrected chi connectivity index (χ2v) is 9.17. The van der Waals surface area contributed by atoms with Gasteiger partial charge in [-0.25, -0.2) is 4.98 Å². The maximum Gasteiger partial charge on any atom is 0.140 e. The van der Waals surface area contributed by atoms with Gasteiger partial charge in [-0.1, -0.05) is 111 Å². The smallest absolute Gasteiger partial charge is 0.140 e. The van der Waals surface area contributed by atoms with Crippen molar-refractivity contribution < 1.29 is 0 Å². The lowest BCUT2D eigenvalue weighted by Gasteiger charge is -2.24. The largest absolute Gasteiger partial charge is 0.326 e. The van der Waals surface area contributed by atoms with Crippen molar-refractivity contribution in [2.45, 2.75) is 59.7 Å². The van der Waals surface area contributed by atoms with Crippen molar-refractivity contribution in [2.24, 2.45) is 0 Å². The average Bonchev–Trinajstić information content (AvgIpc) is 3.22. The van der Waals surface area contributed by atoms with Crippen LogP contribution in [0.2, 0.25) is 0 Å². The van der Waals surface area contributed by atoms with Crippen molar-refractivity contribution in [3.63, 3.8) is 0 Å². The average molecular weight is 452 g/mol. The van der Waals surface area contributed by atoms with Crippen LogP contribution < -0.4 is 0 Å². The molecule has 3 nitrogen and oxygen atoms in total. The molecule has 0 saturated carbocycles. The molecule has 0 saturated heterocycles. The third kappa shape index (κ3) is 5.84. The Kier molecular flexibility index (Phi) is 8.32. The third-order valence-electron chi connectivity index (χ3n) is 6.29. The molecule has 1 aromatic heterocycles. The molecule has 0 amide bonds. The lowest BCUT2D eigenvalue weighted by atomic mass is 10.1. The molecule has 4 aromatic rings. The monoisotopic (exact) mass is 451 g/mol. The van der Waals surface area contributed by atoms with Gasteiger partial charge in [0.1, 0.15) is 5.82 Å². The highest BCUT2D eigenvalue weighted by molar-refractivity contribution is 5.68. The Balaban J connectivity index is 1.79. The second kappa shape index (κ2) is 11.8. The molecule has 0 bridgehead atoms. The maximum atomic E-state index is 5.27. The van der Waals surface area contributed by atoms with E-state index in [-0.39, 0.29) is 0 Å². The van der Waals surface area contributed by atoms with E-state index in [9.17, 15) is 0 Å². The molecule has 0 spiro atoms. The van der Waals surface area contributed by atoms with Gasteiger partial charge in [-0.05, 0) is 31.9 Å². The SMILES string of the molecule is CCCCn1c(-c2ccccc2)nc(-c2ccccc2)c1CN(CCC)Cc1cccc(C)c1. The number of unbranched alkanes of at least 4 members (excludes halogenated alkanes) is 1. The van der Waals surface area contributed by atoms with Crippen LogP contribution in [0.25, 0.3) is 22.6 Å². The van der Waals surface area contributed by atoms with E-state index in [4.69, 9.17) is 4.98 Å². The summed E-state index contributed by atoms with van der Waals surface area (Å²) in [5, 5.41) is 0. The predicted octanol–water partition coefficient (Wildman–Crippen LogP) is 7.74. The normalized spacial score (nSPS) is 11.3. The van der Waals surface area contributed by atoms with Crippen LogP contribution in [0.5, 0.6) is 0 Å². The van der Waals surface area contributed by atoms with E-state index < -0.39 is 0 Å². The summed E-state index contributed by atoms with van der Waals surface area (Å²) >= 11 is 0. The third-order valence-corrected chi connectivity index (χ3v) is 6.29. The topological polar surface area (TPSA) is 21.1 Å². The van der Waals surface area contributed by atoms with E-state index in [0.29, 0.717) is 0 Å². The fourth-order valence-electron chi connectivity index (χ4n) is 4.65. The van der Waals surface area contributed by atoms with Gasteiger partial charge in [0.25, 0.3) is 0 Å². The first-order chi connectivity index (χ1) is 16.7. The van der Waals surface area contributed by atoms with Crippen molar-refractivity contribution in [3.05, 3.63) is 102 Å². The van der Waals surface area contributed by atoms with E-state index >= 15 is 0 Å². The van der Waals surface area contributed by atoms with Crippen LogP contribution in [0, 0.1) is 6.92 Å². The number of rotatable bonds is 11. The van der Waals surface area contributed by atoms with Crippen molar-refractivity contribution in [1.82, 2.24) is 14.5 Å². The van der Waals surface area contributed by atoms with Crippen molar-refractivity contribution in [3.8, 4) is 22.6 Å². The molecule has 3 heteroatoms. The quantitative estimate of drug-likeness (QED) is 0.232. The zero-order chi connectivity index (χ0) is 23.8. The fourth-order valence-corrected chi connectivity index (χ4v) is 4.65. The number of imidazole rings is 1. The van der Waals surface area contributed by atoms with E-state index in [0.717, 1.165) is 57.0 Å². The number of aryl methyl sites for hydroxylation is 1. The molecule has 34 heavy (non-hydrogen) atoms. The van der Waals surface area contributed by atoms with E-state index in [1.807, 2.05) is 0 Å². The number of nitrogens with zero attached hydrogens (tertiary/aromatic N) is 3. The Morgan fingerprint density at radius 3 is 2.12 bits per heavy atom. The summed E-state index contributed by atoms with van der Waals surface area (Å²) in [6, 6.07) is 30.2. The summed E-state index contributed by atoms with van der Waals surface area (Å²) in [7, 11) is 0. The van der Waals surface area contributed by atoms with Crippen LogP contribution in [-0.2, 0) is 19.6 Å². The molecule has 0 aliphatic rings. The van der Waals surface area contributed by atoms with E-state index in [1.165, 1.54) is 27.9 Å². The van der Waals surface area contributed by atoms with Crippen LogP contribution in [0.4, 0.5) is 0 Å². The van der Waals surface area contributed by atoms with E-state index in [2.05, 4.69) is 115 Å². The molecule has 0 atom stereocenters. The minimum Gasteiger partial charge on any atom is -0.326 e. The van der Waals surface area contributed by atoms with Gasteiger partial charge in [0.05, 0.1) is 11.4 Å². The predicted molar refractivity (Wildman–Crippen MR) is 144 cm³/mol. The molecule has 1 heterocycles. The maximum absolute atomic E-state index is 5.27. The molecule has 0 fully saturated rings. The van der Waals surface area contributed by atoms with Gasteiger partial charge in [-0.3, -0.25) is 4.90 Å². The van der Waals surface area contributed by atoms with Crippen LogP contribution in [0.3, 0.4) is 0 Å².